The molecule has 0 spiro atoms. The van der Waals surface area contributed by atoms with Crippen LogP contribution in [0.5, 0.6) is 0 Å². The van der Waals surface area contributed by atoms with Gasteiger partial charge in [-0.3, -0.25) is 0 Å². The minimum absolute atomic E-state index is 0.0751. The van der Waals surface area contributed by atoms with Crippen LogP contribution in [-0.4, -0.2) is 9.97 Å². The van der Waals surface area contributed by atoms with Gasteiger partial charge in [-0.1, -0.05) is 159 Å². The minimum atomic E-state index is -0.0751. The van der Waals surface area contributed by atoms with Gasteiger partial charge in [0.15, 0.2) is 5.82 Å². The summed E-state index contributed by atoms with van der Waals surface area (Å²) in [5, 5.41) is 2.69. The lowest BCUT2D eigenvalue weighted by atomic mass is 9.82. The zero-order chi connectivity index (χ0) is 34.8. The first-order chi connectivity index (χ1) is 25.5. The molecule has 0 aliphatic heterocycles. The van der Waals surface area contributed by atoms with Crippen molar-refractivity contribution in [3.05, 3.63) is 181 Å². The van der Waals surface area contributed by atoms with E-state index in [0.717, 1.165) is 33.6 Å². The molecule has 0 unspecified atom stereocenters. The van der Waals surface area contributed by atoms with E-state index >= 15 is 0 Å². The monoisotopic (exact) mass is 682 g/mol. The molecule has 2 aromatic heterocycles. The third kappa shape index (κ3) is 4.92. The van der Waals surface area contributed by atoms with Gasteiger partial charge in [0.25, 0.3) is 0 Å². The molecule has 0 bridgehead atoms. The van der Waals surface area contributed by atoms with Gasteiger partial charge in [-0.2, -0.15) is 0 Å². The summed E-state index contributed by atoms with van der Waals surface area (Å²) < 4.78 is 2.73. The topological polar surface area (TPSA) is 25.8 Å². The van der Waals surface area contributed by atoms with Crippen molar-refractivity contribution in [1.82, 2.24) is 9.97 Å². The maximum Gasteiger partial charge on any atom is 0.160 e. The van der Waals surface area contributed by atoms with Crippen molar-refractivity contribution < 1.29 is 0 Å². The highest BCUT2D eigenvalue weighted by molar-refractivity contribution is 7.26. The van der Waals surface area contributed by atoms with Gasteiger partial charge in [0.2, 0.25) is 0 Å². The van der Waals surface area contributed by atoms with E-state index in [9.17, 15) is 0 Å². The third-order valence-electron chi connectivity index (χ3n) is 10.7. The fourth-order valence-corrected chi connectivity index (χ4v) is 9.35. The normalized spacial score (nSPS) is 13.0. The van der Waals surface area contributed by atoms with Gasteiger partial charge in [0.05, 0.1) is 11.4 Å². The molecular formula is C49H34N2S. The molecular weight excluding hydrogens is 649 g/mol. The van der Waals surface area contributed by atoms with E-state index in [1.807, 2.05) is 23.5 Å². The number of thiophene rings is 1. The van der Waals surface area contributed by atoms with Gasteiger partial charge in [0, 0.05) is 47.8 Å². The molecule has 246 valence electrons. The highest BCUT2D eigenvalue weighted by Gasteiger charge is 2.37. The summed E-state index contributed by atoms with van der Waals surface area (Å²) >= 11 is 1.92. The van der Waals surface area contributed by atoms with Crippen LogP contribution in [-0.2, 0) is 5.41 Å². The minimum Gasteiger partial charge on any atom is -0.228 e. The van der Waals surface area contributed by atoms with E-state index in [-0.39, 0.29) is 5.41 Å². The first-order valence-electron chi connectivity index (χ1n) is 17.8. The lowest BCUT2D eigenvalue weighted by Crippen LogP contribution is -2.14. The van der Waals surface area contributed by atoms with Crippen molar-refractivity contribution in [3.8, 4) is 67.3 Å². The lowest BCUT2D eigenvalue weighted by Gasteiger charge is -2.21. The molecule has 0 saturated carbocycles. The highest BCUT2D eigenvalue weighted by Crippen LogP contribution is 2.54. The van der Waals surface area contributed by atoms with Crippen LogP contribution < -0.4 is 0 Å². The van der Waals surface area contributed by atoms with Gasteiger partial charge in [-0.05, 0) is 63.2 Å². The Labute approximate surface area is 307 Å². The molecule has 7 aromatic carbocycles. The SMILES string of the molecule is CC1(C)c2ccc(-c3ccccc3-c3cccc(-c4nc(-c5ccccc5)cc(-c5ccccc5)n4)c3)cc2-c2c1ccc1c2sc2ccccc21. The molecule has 52 heavy (non-hydrogen) atoms. The molecule has 1 aliphatic carbocycles. The van der Waals surface area contributed by atoms with Crippen LogP contribution in [0.3, 0.4) is 0 Å². The van der Waals surface area contributed by atoms with Crippen molar-refractivity contribution in [2.24, 2.45) is 0 Å². The summed E-state index contributed by atoms with van der Waals surface area (Å²) in [6.07, 6.45) is 0. The highest BCUT2D eigenvalue weighted by atomic mass is 32.1. The Morgan fingerprint density at radius 1 is 0.423 bits per heavy atom. The second-order valence-corrected chi connectivity index (χ2v) is 15.2. The van der Waals surface area contributed by atoms with Crippen molar-refractivity contribution in [1.29, 1.82) is 0 Å². The van der Waals surface area contributed by atoms with E-state index in [0.29, 0.717) is 5.82 Å². The molecule has 9 aromatic rings. The molecule has 3 heteroatoms. The number of rotatable bonds is 5. The van der Waals surface area contributed by atoms with Crippen LogP contribution in [0.25, 0.3) is 87.5 Å². The average Bonchev–Trinajstić information content (AvgIpc) is 3.70. The smallest absolute Gasteiger partial charge is 0.160 e. The van der Waals surface area contributed by atoms with Gasteiger partial charge in [0.1, 0.15) is 0 Å². The van der Waals surface area contributed by atoms with Crippen molar-refractivity contribution in [3.63, 3.8) is 0 Å². The number of nitrogens with zero attached hydrogens (tertiary/aromatic N) is 2. The Balaban J connectivity index is 1.10. The molecule has 0 fully saturated rings. The summed E-state index contributed by atoms with van der Waals surface area (Å²) in [6, 6.07) is 60.9. The van der Waals surface area contributed by atoms with E-state index < -0.39 is 0 Å². The predicted octanol–water partition coefficient (Wildman–Crippen LogP) is 13.5. The molecule has 0 radical (unpaired) electrons. The van der Waals surface area contributed by atoms with Gasteiger partial charge >= 0.3 is 0 Å². The maximum absolute atomic E-state index is 5.12. The number of aromatic nitrogens is 2. The van der Waals surface area contributed by atoms with E-state index in [4.69, 9.17) is 9.97 Å². The Morgan fingerprint density at radius 3 is 1.71 bits per heavy atom. The summed E-state index contributed by atoms with van der Waals surface area (Å²) in [5.41, 5.74) is 15.1. The van der Waals surface area contributed by atoms with Crippen LogP contribution in [0, 0.1) is 0 Å². The molecule has 0 saturated heterocycles. The van der Waals surface area contributed by atoms with Crippen LogP contribution in [0.2, 0.25) is 0 Å². The van der Waals surface area contributed by atoms with Crippen LogP contribution >= 0.6 is 11.3 Å². The maximum atomic E-state index is 5.12. The molecule has 0 atom stereocenters. The molecule has 0 N–H and O–H groups in total. The predicted molar refractivity (Wildman–Crippen MR) is 220 cm³/mol. The molecule has 10 rings (SSSR count). The summed E-state index contributed by atoms with van der Waals surface area (Å²) in [5.74, 6) is 0.711. The molecule has 1 aliphatic rings. The largest absolute Gasteiger partial charge is 0.228 e. The Hall–Kier alpha value is -6.16. The Bertz CT molecular complexity index is 2760. The zero-order valence-electron chi connectivity index (χ0n) is 29.0. The van der Waals surface area contributed by atoms with E-state index in [1.54, 1.807) is 0 Å². The van der Waals surface area contributed by atoms with Crippen molar-refractivity contribution in [2.45, 2.75) is 19.3 Å². The van der Waals surface area contributed by atoms with Gasteiger partial charge in [-0.25, -0.2) is 9.97 Å². The average molecular weight is 683 g/mol. The lowest BCUT2D eigenvalue weighted by molar-refractivity contribution is 0.661. The molecule has 2 nitrogen and oxygen atoms in total. The van der Waals surface area contributed by atoms with Crippen LogP contribution in [0.4, 0.5) is 0 Å². The summed E-state index contributed by atoms with van der Waals surface area (Å²) in [6.45, 7) is 4.74. The summed E-state index contributed by atoms with van der Waals surface area (Å²) in [7, 11) is 0. The first-order valence-corrected chi connectivity index (χ1v) is 18.6. The first kappa shape index (κ1) is 30.6. The third-order valence-corrected chi connectivity index (χ3v) is 11.9. The van der Waals surface area contributed by atoms with Gasteiger partial charge < -0.3 is 0 Å². The standard InChI is InChI=1S/C49H34N2S/c1-49(2)41-26-24-34(29-40(41)46-42(49)27-25-39-38-22-11-12-23-45(38)52-47(39)46)37-21-10-9-20-36(37)33-18-13-19-35(28-33)48-50-43(31-14-5-3-6-15-31)30-44(51-48)32-16-7-4-8-17-32/h3-30H,1-2H3. The number of hydrogen-bond donors (Lipinski definition) is 0. The van der Waals surface area contributed by atoms with Crippen molar-refractivity contribution >= 4 is 31.5 Å². The molecule has 2 heterocycles. The zero-order valence-corrected chi connectivity index (χ0v) is 29.8. The van der Waals surface area contributed by atoms with E-state index in [2.05, 4.69) is 172 Å². The fourth-order valence-electron chi connectivity index (χ4n) is 8.09. The second-order valence-electron chi connectivity index (χ2n) is 14.2. The van der Waals surface area contributed by atoms with E-state index in [1.165, 1.54) is 59.1 Å². The molecule has 0 amide bonds. The number of hydrogen-bond acceptors (Lipinski definition) is 3. The van der Waals surface area contributed by atoms with Crippen molar-refractivity contribution in [2.75, 3.05) is 0 Å². The number of fused-ring (bicyclic) bond motifs is 7. The van der Waals surface area contributed by atoms with Crippen LogP contribution in [0.1, 0.15) is 25.0 Å². The fraction of sp³-hybridized carbons (Fsp3) is 0.0612. The quantitative estimate of drug-likeness (QED) is 0.181. The second kappa shape index (κ2) is 12.0. The van der Waals surface area contributed by atoms with Gasteiger partial charge in [-0.15, -0.1) is 11.3 Å². The Kier molecular flexibility index (Phi) is 7.06. The number of benzene rings is 7. The van der Waals surface area contributed by atoms with Crippen LogP contribution in [0.15, 0.2) is 170 Å². The Morgan fingerprint density at radius 2 is 1.00 bits per heavy atom. The summed E-state index contributed by atoms with van der Waals surface area (Å²) in [4.78, 5) is 10.2.